The molecule has 3 nitrogen and oxygen atoms in total. The monoisotopic (exact) mass is 306 g/mol. The Bertz CT molecular complexity index is 726. The topological polar surface area (TPSA) is 42.0 Å². The number of anilines is 1. The van der Waals surface area contributed by atoms with Crippen LogP contribution in [0.25, 0.3) is 11.3 Å². The summed E-state index contributed by atoms with van der Waals surface area (Å²) in [5, 5.41) is 3.14. The molecule has 0 aliphatic heterocycles. The minimum atomic E-state index is 0.202. The third kappa shape index (κ3) is 2.76. The molecule has 2 aromatic rings. The van der Waals surface area contributed by atoms with Crippen LogP contribution in [0.5, 0.6) is 0 Å². The molecule has 1 N–H and O–H groups in total. The normalized spacial score (nSPS) is 25.5. The number of nitrogens with zero attached hydrogens (tertiary/aromatic N) is 1. The smallest absolute Gasteiger partial charge is 0.227 e. The van der Waals surface area contributed by atoms with E-state index in [1.165, 1.54) is 24.8 Å². The highest BCUT2D eigenvalue weighted by Crippen LogP contribution is 2.48. The summed E-state index contributed by atoms with van der Waals surface area (Å²) in [6.45, 7) is 2.07. The van der Waals surface area contributed by atoms with Crippen LogP contribution >= 0.6 is 0 Å². The average Bonchev–Trinajstić information content (AvgIpc) is 3.20. The molecule has 4 rings (SSSR count). The van der Waals surface area contributed by atoms with Crippen molar-refractivity contribution in [1.82, 2.24) is 4.98 Å². The zero-order chi connectivity index (χ0) is 15.8. The second-order valence-electron chi connectivity index (χ2n) is 7.02. The molecule has 1 heterocycles. The number of benzene rings is 1. The van der Waals surface area contributed by atoms with Gasteiger partial charge < -0.3 is 5.32 Å². The Morgan fingerprint density at radius 2 is 2.09 bits per heavy atom. The molecule has 2 aliphatic carbocycles. The molecule has 118 valence electrons. The van der Waals surface area contributed by atoms with Crippen LogP contribution in [0.4, 0.5) is 5.69 Å². The van der Waals surface area contributed by atoms with Crippen molar-refractivity contribution in [3.05, 3.63) is 48.2 Å². The molecule has 2 bridgehead atoms. The molecule has 1 aromatic heterocycles. The van der Waals surface area contributed by atoms with Gasteiger partial charge in [-0.15, -0.1) is 0 Å². The summed E-state index contributed by atoms with van der Waals surface area (Å²) in [5.41, 5.74) is 4.07. The molecule has 0 radical (unpaired) electrons. The summed E-state index contributed by atoms with van der Waals surface area (Å²) >= 11 is 0. The van der Waals surface area contributed by atoms with E-state index in [1.54, 1.807) is 6.20 Å². The number of aromatic nitrogens is 1. The first kappa shape index (κ1) is 14.4. The highest BCUT2D eigenvalue weighted by Gasteiger charge is 2.42. The average molecular weight is 306 g/mol. The number of aryl methyl sites for hydroxylation is 1. The second-order valence-corrected chi connectivity index (χ2v) is 7.02. The Labute approximate surface area is 137 Å². The van der Waals surface area contributed by atoms with Gasteiger partial charge in [-0.3, -0.25) is 9.78 Å². The summed E-state index contributed by atoms with van der Waals surface area (Å²) in [4.78, 5) is 17.0. The van der Waals surface area contributed by atoms with Gasteiger partial charge in [-0.25, -0.2) is 0 Å². The van der Waals surface area contributed by atoms with Gasteiger partial charge in [0, 0.05) is 23.4 Å². The first-order valence-corrected chi connectivity index (χ1v) is 8.53. The number of nitrogens with one attached hydrogen (secondary N) is 1. The van der Waals surface area contributed by atoms with Crippen molar-refractivity contribution in [2.45, 2.75) is 32.6 Å². The molecule has 1 aromatic carbocycles. The Morgan fingerprint density at radius 1 is 1.17 bits per heavy atom. The number of pyridine rings is 1. The SMILES string of the molecule is Cc1ccc(NC(=O)[C@@H]2CC3CCC2C3)cc1-c1ccccn1. The van der Waals surface area contributed by atoms with Gasteiger partial charge in [0.2, 0.25) is 5.91 Å². The number of carbonyl (C=O) groups excluding carboxylic acids is 1. The lowest BCUT2D eigenvalue weighted by Gasteiger charge is -2.21. The third-order valence-corrected chi connectivity index (χ3v) is 5.52. The summed E-state index contributed by atoms with van der Waals surface area (Å²) in [6, 6.07) is 12.0. The van der Waals surface area contributed by atoms with Crippen molar-refractivity contribution >= 4 is 11.6 Å². The second kappa shape index (κ2) is 5.80. The number of hydrogen-bond donors (Lipinski definition) is 1. The molecule has 2 aliphatic rings. The van der Waals surface area contributed by atoms with Gasteiger partial charge in [-0.1, -0.05) is 18.6 Å². The van der Waals surface area contributed by atoms with E-state index in [4.69, 9.17) is 0 Å². The van der Waals surface area contributed by atoms with Crippen molar-refractivity contribution in [1.29, 1.82) is 0 Å². The van der Waals surface area contributed by atoms with Crippen molar-refractivity contribution in [2.75, 3.05) is 5.32 Å². The van der Waals surface area contributed by atoms with Crippen LogP contribution in [0.2, 0.25) is 0 Å². The summed E-state index contributed by atoms with van der Waals surface area (Å²) in [5.74, 6) is 1.82. The lowest BCUT2D eigenvalue weighted by atomic mass is 9.88. The van der Waals surface area contributed by atoms with E-state index in [0.717, 1.165) is 29.3 Å². The van der Waals surface area contributed by atoms with E-state index in [-0.39, 0.29) is 11.8 Å². The highest BCUT2D eigenvalue weighted by molar-refractivity contribution is 5.93. The fourth-order valence-corrected chi connectivity index (χ4v) is 4.30. The fourth-order valence-electron chi connectivity index (χ4n) is 4.30. The molecule has 2 unspecified atom stereocenters. The maximum absolute atomic E-state index is 12.6. The Hall–Kier alpha value is -2.16. The zero-order valence-corrected chi connectivity index (χ0v) is 13.5. The van der Waals surface area contributed by atoms with Gasteiger partial charge >= 0.3 is 0 Å². The van der Waals surface area contributed by atoms with Crippen LogP contribution in [0.1, 0.15) is 31.2 Å². The molecule has 3 atom stereocenters. The zero-order valence-electron chi connectivity index (χ0n) is 13.5. The lowest BCUT2D eigenvalue weighted by Crippen LogP contribution is -2.27. The fraction of sp³-hybridized carbons (Fsp3) is 0.400. The maximum atomic E-state index is 12.6. The number of amides is 1. The molecule has 3 heteroatoms. The number of hydrogen-bond acceptors (Lipinski definition) is 2. The molecular weight excluding hydrogens is 284 g/mol. The highest BCUT2D eigenvalue weighted by atomic mass is 16.1. The van der Waals surface area contributed by atoms with Gasteiger partial charge in [0.05, 0.1) is 5.69 Å². The first-order valence-electron chi connectivity index (χ1n) is 8.53. The largest absolute Gasteiger partial charge is 0.326 e. The molecule has 2 saturated carbocycles. The van der Waals surface area contributed by atoms with Gasteiger partial charge in [0.25, 0.3) is 0 Å². The lowest BCUT2D eigenvalue weighted by molar-refractivity contribution is -0.121. The van der Waals surface area contributed by atoms with Crippen LogP contribution in [-0.2, 0) is 4.79 Å². The Morgan fingerprint density at radius 3 is 2.78 bits per heavy atom. The number of rotatable bonds is 3. The molecule has 0 spiro atoms. The van der Waals surface area contributed by atoms with Crippen LogP contribution in [-0.4, -0.2) is 10.9 Å². The molecule has 2 fully saturated rings. The number of fused-ring (bicyclic) bond motifs is 2. The van der Waals surface area contributed by atoms with Crippen molar-refractivity contribution < 1.29 is 4.79 Å². The standard InChI is InChI=1S/C20H22N2O/c1-13-5-8-16(12-17(13)19-4-2-3-9-21-19)22-20(23)18-11-14-6-7-15(18)10-14/h2-5,8-9,12,14-15,18H,6-7,10-11H2,1H3,(H,22,23)/t14?,15?,18-/m1/s1. The van der Waals surface area contributed by atoms with Crippen LogP contribution < -0.4 is 5.32 Å². The maximum Gasteiger partial charge on any atom is 0.227 e. The van der Waals surface area contributed by atoms with Crippen molar-refractivity contribution in [3.63, 3.8) is 0 Å². The van der Waals surface area contributed by atoms with E-state index >= 15 is 0 Å². The summed E-state index contributed by atoms with van der Waals surface area (Å²) < 4.78 is 0. The Kier molecular flexibility index (Phi) is 3.64. The van der Waals surface area contributed by atoms with E-state index in [1.807, 2.05) is 30.3 Å². The minimum Gasteiger partial charge on any atom is -0.326 e. The van der Waals surface area contributed by atoms with Gasteiger partial charge in [0.15, 0.2) is 0 Å². The van der Waals surface area contributed by atoms with Crippen LogP contribution in [0, 0.1) is 24.7 Å². The predicted molar refractivity (Wildman–Crippen MR) is 92.0 cm³/mol. The summed E-state index contributed by atoms with van der Waals surface area (Å²) in [6.07, 6.45) is 6.69. The molecule has 0 saturated heterocycles. The van der Waals surface area contributed by atoms with Crippen molar-refractivity contribution in [3.8, 4) is 11.3 Å². The van der Waals surface area contributed by atoms with Gasteiger partial charge in [0.1, 0.15) is 0 Å². The van der Waals surface area contributed by atoms with Crippen LogP contribution in [0.3, 0.4) is 0 Å². The van der Waals surface area contributed by atoms with E-state index in [0.29, 0.717) is 5.92 Å². The van der Waals surface area contributed by atoms with Gasteiger partial charge in [-0.2, -0.15) is 0 Å². The first-order chi connectivity index (χ1) is 11.2. The quantitative estimate of drug-likeness (QED) is 0.911. The predicted octanol–water partition coefficient (Wildman–Crippen LogP) is 4.43. The third-order valence-electron chi connectivity index (χ3n) is 5.52. The van der Waals surface area contributed by atoms with E-state index in [2.05, 4.69) is 23.3 Å². The van der Waals surface area contributed by atoms with Gasteiger partial charge in [-0.05, 0) is 67.9 Å². The molecule has 23 heavy (non-hydrogen) atoms. The Balaban J connectivity index is 1.54. The van der Waals surface area contributed by atoms with Crippen LogP contribution in [0.15, 0.2) is 42.6 Å². The number of carbonyl (C=O) groups is 1. The van der Waals surface area contributed by atoms with E-state index < -0.39 is 0 Å². The minimum absolute atomic E-state index is 0.202. The molecular formula is C20H22N2O. The van der Waals surface area contributed by atoms with E-state index in [9.17, 15) is 4.79 Å². The summed E-state index contributed by atoms with van der Waals surface area (Å²) in [7, 11) is 0. The molecule has 1 amide bonds. The van der Waals surface area contributed by atoms with Crippen molar-refractivity contribution in [2.24, 2.45) is 17.8 Å².